The third-order valence-corrected chi connectivity index (χ3v) is 4.02. The minimum atomic E-state index is 0.00477. The molecular weight excluding hydrogens is 305 g/mol. The van der Waals surface area contributed by atoms with Gasteiger partial charge in [-0.3, -0.25) is 4.79 Å². The Morgan fingerprint density at radius 1 is 1.00 bits per heavy atom. The SMILES string of the molecule is CCCCCCCCCCC(=O)Nc1cc(Cl)ccc1Cl. The second-order valence-electron chi connectivity index (χ2n) is 5.40. The molecule has 1 amide bonds. The highest BCUT2D eigenvalue weighted by atomic mass is 35.5. The van der Waals surface area contributed by atoms with Crippen LogP contribution in [0.1, 0.15) is 64.7 Å². The molecule has 0 saturated heterocycles. The maximum absolute atomic E-state index is 11.8. The molecule has 0 radical (unpaired) electrons. The Morgan fingerprint density at radius 2 is 1.62 bits per heavy atom. The fraction of sp³-hybridized carbons (Fsp3) is 0.588. The smallest absolute Gasteiger partial charge is 0.224 e. The summed E-state index contributed by atoms with van der Waals surface area (Å²) in [4.78, 5) is 11.8. The second kappa shape index (κ2) is 10.9. The van der Waals surface area contributed by atoms with Gasteiger partial charge in [0.25, 0.3) is 0 Å². The Kier molecular flexibility index (Phi) is 9.53. The summed E-state index contributed by atoms with van der Waals surface area (Å²) in [5, 5.41) is 3.90. The third kappa shape index (κ3) is 8.33. The lowest BCUT2D eigenvalue weighted by molar-refractivity contribution is -0.116. The number of hydrogen-bond donors (Lipinski definition) is 1. The van der Waals surface area contributed by atoms with Gasteiger partial charge in [0, 0.05) is 11.4 Å². The molecule has 21 heavy (non-hydrogen) atoms. The van der Waals surface area contributed by atoms with Crippen molar-refractivity contribution in [3.8, 4) is 0 Å². The van der Waals surface area contributed by atoms with Crippen molar-refractivity contribution in [2.45, 2.75) is 64.7 Å². The quantitative estimate of drug-likeness (QED) is 0.490. The number of rotatable bonds is 10. The zero-order valence-electron chi connectivity index (χ0n) is 12.8. The molecule has 0 fully saturated rings. The molecule has 0 aliphatic rings. The Morgan fingerprint density at radius 3 is 2.29 bits per heavy atom. The molecule has 0 bridgehead atoms. The predicted octanol–water partition coefficient (Wildman–Crippen LogP) is 6.46. The number of unbranched alkanes of at least 4 members (excludes halogenated alkanes) is 7. The average molecular weight is 330 g/mol. The standard InChI is InChI=1S/C17H25Cl2NO/c1-2-3-4-5-6-7-8-9-10-17(21)20-16-13-14(18)11-12-15(16)19/h11-13H,2-10H2,1H3,(H,20,21). The fourth-order valence-electron chi connectivity index (χ4n) is 2.23. The van der Waals surface area contributed by atoms with Gasteiger partial charge in [0.1, 0.15) is 0 Å². The molecule has 0 spiro atoms. The number of benzene rings is 1. The highest BCUT2D eigenvalue weighted by Gasteiger charge is 2.06. The Labute approximate surface area is 138 Å². The minimum absolute atomic E-state index is 0.00477. The van der Waals surface area contributed by atoms with E-state index in [9.17, 15) is 4.79 Å². The number of anilines is 1. The van der Waals surface area contributed by atoms with Crippen molar-refractivity contribution in [3.63, 3.8) is 0 Å². The monoisotopic (exact) mass is 329 g/mol. The maximum Gasteiger partial charge on any atom is 0.224 e. The van der Waals surface area contributed by atoms with Crippen LogP contribution < -0.4 is 5.32 Å². The molecule has 1 aromatic carbocycles. The van der Waals surface area contributed by atoms with Gasteiger partial charge < -0.3 is 5.32 Å². The molecule has 0 atom stereocenters. The van der Waals surface area contributed by atoms with Gasteiger partial charge in [-0.1, -0.05) is 75.1 Å². The van der Waals surface area contributed by atoms with Crippen LogP contribution in [-0.2, 0) is 4.79 Å². The molecule has 1 N–H and O–H groups in total. The largest absolute Gasteiger partial charge is 0.325 e. The number of halogens is 2. The van der Waals surface area contributed by atoms with E-state index in [4.69, 9.17) is 23.2 Å². The lowest BCUT2D eigenvalue weighted by Crippen LogP contribution is -2.11. The number of hydrogen-bond acceptors (Lipinski definition) is 1. The average Bonchev–Trinajstić information content (AvgIpc) is 2.46. The normalized spacial score (nSPS) is 10.6. The topological polar surface area (TPSA) is 29.1 Å². The molecular formula is C17H25Cl2NO. The summed E-state index contributed by atoms with van der Waals surface area (Å²) in [6.07, 6.45) is 10.4. The summed E-state index contributed by atoms with van der Waals surface area (Å²) in [5.74, 6) is 0.00477. The van der Waals surface area contributed by atoms with Crippen molar-refractivity contribution >= 4 is 34.8 Å². The van der Waals surface area contributed by atoms with Gasteiger partial charge in [-0.15, -0.1) is 0 Å². The zero-order valence-corrected chi connectivity index (χ0v) is 14.3. The summed E-state index contributed by atoms with van der Waals surface area (Å²) in [5.41, 5.74) is 0.591. The highest BCUT2D eigenvalue weighted by Crippen LogP contribution is 2.25. The fourth-order valence-corrected chi connectivity index (χ4v) is 2.56. The molecule has 0 aromatic heterocycles. The summed E-state index contributed by atoms with van der Waals surface area (Å²) in [7, 11) is 0. The summed E-state index contributed by atoms with van der Waals surface area (Å²) < 4.78 is 0. The van der Waals surface area contributed by atoms with Crippen molar-refractivity contribution in [1.82, 2.24) is 0 Å². The molecule has 118 valence electrons. The maximum atomic E-state index is 11.8. The van der Waals surface area contributed by atoms with E-state index < -0.39 is 0 Å². The zero-order chi connectivity index (χ0) is 15.5. The van der Waals surface area contributed by atoms with E-state index >= 15 is 0 Å². The van der Waals surface area contributed by atoms with E-state index in [1.54, 1.807) is 18.2 Å². The van der Waals surface area contributed by atoms with E-state index in [1.807, 2.05) is 0 Å². The van der Waals surface area contributed by atoms with Crippen LogP contribution in [0.5, 0.6) is 0 Å². The van der Waals surface area contributed by atoms with Crippen LogP contribution in [0.15, 0.2) is 18.2 Å². The first-order valence-corrected chi connectivity index (χ1v) is 8.64. The Hall–Kier alpha value is -0.730. The lowest BCUT2D eigenvalue weighted by Gasteiger charge is -2.07. The van der Waals surface area contributed by atoms with Crippen molar-refractivity contribution in [1.29, 1.82) is 0 Å². The van der Waals surface area contributed by atoms with Crippen LogP contribution >= 0.6 is 23.2 Å². The van der Waals surface area contributed by atoms with Crippen molar-refractivity contribution in [3.05, 3.63) is 28.2 Å². The van der Waals surface area contributed by atoms with Crippen LogP contribution in [0.2, 0.25) is 10.0 Å². The molecule has 2 nitrogen and oxygen atoms in total. The van der Waals surface area contributed by atoms with Crippen LogP contribution in [0.4, 0.5) is 5.69 Å². The van der Waals surface area contributed by atoms with Crippen molar-refractivity contribution < 1.29 is 4.79 Å². The lowest BCUT2D eigenvalue weighted by atomic mass is 10.1. The number of amides is 1. The van der Waals surface area contributed by atoms with E-state index in [0.29, 0.717) is 22.2 Å². The summed E-state index contributed by atoms with van der Waals surface area (Å²) in [6.45, 7) is 2.23. The van der Waals surface area contributed by atoms with E-state index in [0.717, 1.165) is 12.8 Å². The van der Waals surface area contributed by atoms with Gasteiger partial charge in [-0.25, -0.2) is 0 Å². The van der Waals surface area contributed by atoms with Gasteiger partial charge in [0.05, 0.1) is 10.7 Å². The molecule has 1 aromatic rings. The highest BCUT2D eigenvalue weighted by molar-refractivity contribution is 6.35. The number of carbonyl (C=O) groups excluding carboxylic acids is 1. The second-order valence-corrected chi connectivity index (χ2v) is 6.24. The van der Waals surface area contributed by atoms with Crippen LogP contribution in [-0.4, -0.2) is 5.91 Å². The Bertz CT molecular complexity index is 435. The predicted molar refractivity (Wildman–Crippen MR) is 92.3 cm³/mol. The number of nitrogens with one attached hydrogen (secondary N) is 1. The van der Waals surface area contributed by atoms with Gasteiger partial charge in [0.2, 0.25) is 5.91 Å². The van der Waals surface area contributed by atoms with E-state index in [2.05, 4.69) is 12.2 Å². The van der Waals surface area contributed by atoms with Crippen LogP contribution in [0, 0.1) is 0 Å². The first-order valence-electron chi connectivity index (χ1n) is 7.88. The first-order chi connectivity index (χ1) is 10.1. The minimum Gasteiger partial charge on any atom is -0.325 e. The molecule has 0 aliphatic carbocycles. The Balaban J connectivity index is 2.13. The molecule has 0 unspecified atom stereocenters. The van der Waals surface area contributed by atoms with E-state index in [1.165, 1.54) is 38.5 Å². The van der Waals surface area contributed by atoms with Crippen molar-refractivity contribution in [2.24, 2.45) is 0 Å². The van der Waals surface area contributed by atoms with E-state index in [-0.39, 0.29) is 5.91 Å². The molecule has 0 saturated carbocycles. The van der Waals surface area contributed by atoms with Gasteiger partial charge in [0.15, 0.2) is 0 Å². The molecule has 0 aliphatic heterocycles. The summed E-state index contributed by atoms with van der Waals surface area (Å²) in [6, 6.07) is 5.07. The third-order valence-electron chi connectivity index (χ3n) is 3.46. The van der Waals surface area contributed by atoms with Crippen LogP contribution in [0.25, 0.3) is 0 Å². The van der Waals surface area contributed by atoms with Gasteiger partial charge in [-0.05, 0) is 24.6 Å². The van der Waals surface area contributed by atoms with Crippen LogP contribution in [0.3, 0.4) is 0 Å². The van der Waals surface area contributed by atoms with Gasteiger partial charge >= 0.3 is 0 Å². The molecule has 0 heterocycles. The first kappa shape index (κ1) is 18.3. The van der Waals surface area contributed by atoms with Gasteiger partial charge in [-0.2, -0.15) is 0 Å². The van der Waals surface area contributed by atoms with Crippen molar-refractivity contribution in [2.75, 3.05) is 5.32 Å². The molecule has 4 heteroatoms. The summed E-state index contributed by atoms with van der Waals surface area (Å²) >= 11 is 11.9. The molecule has 1 rings (SSSR count). The number of carbonyl (C=O) groups is 1.